The Morgan fingerprint density at radius 1 is 1.19 bits per heavy atom. The van der Waals surface area contributed by atoms with Gasteiger partial charge in [0.1, 0.15) is 0 Å². The second kappa shape index (κ2) is 7.19. The molecule has 0 radical (unpaired) electrons. The van der Waals surface area contributed by atoms with E-state index in [9.17, 15) is 0 Å². The number of ether oxygens (including phenoxy) is 1. The number of hydrogen-bond donors (Lipinski definition) is 4. The van der Waals surface area contributed by atoms with Gasteiger partial charge in [-0.3, -0.25) is 0 Å². The molecule has 1 aliphatic rings. The third-order valence-corrected chi connectivity index (χ3v) is 3.13. The lowest BCUT2D eigenvalue weighted by molar-refractivity contribution is 0.0411. The summed E-state index contributed by atoms with van der Waals surface area (Å²) in [5, 5.41) is 30.2. The SMILES string of the molecule is OCC(CO)(CO)NCCCC1CCCO1. The highest BCUT2D eigenvalue weighted by Crippen LogP contribution is 2.16. The summed E-state index contributed by atoms with van der Waals surface area (Å²) in [6.07, 6.45) is 4.56. The molecule has 1 rings (SSSR count). The fraction of sp³-hybridized carbons (Fsp3) is 1.00. The van der Waals surface area contributed by atoms with E-state index in [1.165, 1.54) is 0 Å². The molecular formula is C11H23NO4. The molecule has 1 saturated heterocycles. The second-order valence-corrected chi connectivity index (χ2v) is 4.46. The standard InChI is InChI=1S/C11H23NO4/c13-7-11(8-14,9-15)12-5-1-3-10-4-2-6-16-10/h10,12-15H,1-9H2. The van der Waals surface area contributed by atoms with Crippen molar-refractivity contribution in [1.82, 2.24) is 5.32 Å². The fourth-order valence-electron chi connectivity index (χ4n) is 1.87. The van der Waals surface area contributed by atoms with Gasteiger partial charge >= 0.3 is 0 Å². The van der Waals surface area contributed by atoms with Crippen LogP contribution in [0.2, 0.25) is 0 Å². The zero-order valence-electron chi connectivity index (χ0n) is 9.69. The molecule has 1 aliphatic heterocycles. The zero-order valence-corrected chi connectivity index (χ0v) is 9.69. The predicted octanol–water partition coefficient (Wildman–Crippen LogP) is -0.749. The van der Waals surface area contributed by atoms with Crippen molar-refractivity contribution in [3.05, 3.63) is 0 Å². The smallest absolute Gasteiger partial charge is 0.0881 e. The maximum atomic E-state index is 9.08. The monoisotopic (exact) mass is 233 g/mol. The lowest BCUT2D eigenvalue weighted by Crippen LogP contribution is -2.55. The Morgan fingerprint density at radius 3 is 2.38 bits per heavy atom. The van der Waals surface area contributed by atoms with E-state index >= 15 is 0 Å². The summed E-state index contributed by atoms with van der Waals surface area (Å²) in [5.41, 5.74) is -0.948. The van der Waals surface area contributed by atoms with Crippen LogP contribution in [0, 0.1) is 0 Å². The Morgan fingerprint density at radius 2 is 1.88 bits per heavy atom. The number of rotatable bonds is 8. The van der Waals surface area contributed by atoms with Gasteiger partial charge in [-0.2, -0.15) is 0 Å². The van der Waals surface area contributed by atoms with Gasteiger partial charge in [0, 0.05) is 6.61 Å². The Bertz CT molecular complexity index is 171. The number of nitrogens with one attached hydrogen (secondary N) is 1. The molecule has 0 saturated carbocycles. The summed E-state index contributed by atoms with van der Waals surface area (Å²) in [7, 11) is 0. The first kappa shape index (κ1) is 13.9. The Balaban J connectivity index is 2.12. The van der Waals surface area contributed by atoms with Crippen molar-refractivity contribution < 1.29 is 20.1 Å². The van der Waals surface area contributed by atoms with Gasteiger partial charge in [0.05, 0.1) is 31.5 Å². The maximum Gasteiger partial charge on any atom is 0.0881 e. The molecule has 1 heterocycles. The summed E-state index contributed by atoms with van der Waals surface area (Å²) in [6, 6.07) is 0. The predicted molar refractivity (Wildman–Crippen MR) is 60.2 cm³/mol. The molecule has 0 aromatic heterocycles. The summed E-state index contributed by atoms with van der Waals surface area (Å²) in [4.78, 5) is 0. The average molecular weight is 233 g/mol. The minimum atomic E-state index is -0.948. The van der Waals surface area contributed by atoms with Gasteiger partial charge in [0.25, 0.3) is 0 Å². The van der Waals surface area contributed by atoms with Crippen molar-refractivity contribution in [3.63, 3.8) is 0 Å². The van der Waals surface area contributed by atoms with Crippen LogP contribution in [0.4, 0.5) is 0 Å². The van der Waals surface area contributed by atoms with E-state index in [0.717, 1.165) is 32.3 Å². The van der Waals surface area contributed by atoms with Crippen LogP contribution in [0.5, 0.6) is 0 Å². The van der Waals surface area contributed by atoms with Crippen molar-refractivity contribution in [2.45, 2.75) is 37.3 Å². The third kappa shape index (κ3) is 3.99. The van der Waals surface area contributed by atoms with Crippen LogP contribution in [0.25, 0.3) is 0 Å². The molecule has 1 atom stereocenters. The molecule has 0 bridgehead atoms. The Labute approximate surface area is 96.4 Å². The van der Waals surface area contributed by atoms with Gasteiger partial charge in [-0.25, -0.2) is 0 Å². The van der Waals surface area contributed by atoms with Crippen LogP contribution in [0.15, 0.2) is 0 Å². The largest absolute Gasteiger partial charge is 0.394 e. The molecule has 5 nitrogen and oxygen atoms in total. The van der Waals surface area contributed by atoms with E-state index in [1.807, 2.05) is 0 Å². The maximum absolute atomic E-state index is 9.08. The fourth-order valence-corrected chi connectivity index (χ4v) is 1.87. The van der Waals surface area contributed by atoms with Crippen LogP contribution in [-0.4, -0.2) is 59.9 Å². The highest BCUT2D eigenvalue weighted by Gasteiger charge is 2.26. The van der Waals surface area contributed by atoms with Gasteiger partial charge < -0.3 is 25.4 Å². The molecule has 4 N–H and O–H groups in total. The van der Waals surface area contributed by atoms with Crippen molar-refractivity contribution >= 4 is 0 Å². The highest BCUT2D eigenvalue weighted by molar-refractivity contribution is 4.86. The van der Waals surface area contributed by atoms with Gasteiger partial charge in [0.15, 0.2) is 0 Å². The normalized spacial score (nSPS) is 21.6. The lowest BCUT2D eigenvalue weighted by atomic mass is 10.0. The summed E-state index contributed by atoms with van der Waals surface area (Å²) < 4.78 is 5.49. The Hall–Kier alpha value is -0.200. The topological polar surface area (TPSA) is 82.0 Å². The third-order valence-electron chi connectivity index (χ3n) is 3.13. The number of aliphatic hydroxyl groups is 3. The summed E-state index contributed by atoms with van der Waals surface area (Å²) in [5.74, 6) is 0. The second-order valence-electron chi connectivity index (χ2n) is 4.46. The van der Waals surface area contributed by atoms with Gasteiger partial charge in [-0.05, 0) is 32.2 Å². The molecule has 0 aliphatic carbocycles. The number of aliphatic hydroxyl groups excluding tert-OH is 3. The van der Waals surface area contributed by atoms with Crippen LogP contribution in [0.1, 0.15) is 25.7 Å². The molecule has 0 aromatic rings. The van der Waals surface area contributed by atoms with E-state index in [4.69, 9.17) is 20.1 Å². The molecular weight excluding hydrogens is 210 g/mol. The first-order chi connectivity index (χ1) is 7.76. The molecule has 96 valence electrons. The molecule has 5 heteroatoms. The molecule has 0 aromatic carbocycles. The van der Waals surface area contributed by atoms with E-state index in [0.29, 0.717) is 12.6 Å². The van der Waals surface area contributed by atoms with Crippen molar-refractivity contribution in [1.29, 1.82) is 0 Å². The highest BCUT2D eigenvalue weighted by atomic mass is 16.5. The summed E-state index contributed by atoms with van der Waals surface area (Å²) in [6.45, 7) is 0.743. The van der Waals surface area contributed by atoms with E-state index in [-0.39, 0.29) is 19.8 Å². The van der Waals surface area contributed by atoms with Crippen molar-refractivity contribution in [2.24, 2.45) is 0 Å². The van der Waals surface area contributed by atoms with Crippen LogP contribution in [0.3, 0.4) is 0 Å². The van der Waals surface area contributed by atoms with Gasteiger partial charge in [-0.15, -0.1) is 0 Å². The quantitative estimate of drug-likeness (QED) is 0.415. The molecule has 16 heavy (non-hydrogen) atoms. The first-order valence-electron chi connectivity index (χ1n) is 5.95. The minimum Gasteiger partial charge on any atom is -0.394 e. The number of hydrogen-bond acceptors (Lipinski definition) is 5. The minimum absolute atomic E-state index is 0.264. The average Bonchev–Trinajstić information content (AvgIpc) is 2.83. The van der Waals surface area contributed by atoms with E-state index in [1.54, 1.807) is 0 Å². The van der Waals surface area contributed by atoms with Crippen LogP contribution >= 0.6 is 0 Å². The van der Waals surface area contributed by atoms with Crippen LogP contribution in [-0.2, 0) is 4.74 Å². The van der Waals surface area contributed by atoms with E-state index < -0.39 is 5.54 Å². The van der Waals surface area contributed by atoms with E-state index in [2.05, 4.69) is 5.32 Å². The molecule has 1 fully saturated rings. The van der Waals surface area contributed by atoms with Crippen molar-refractivity contribution in [3.8, 4) is 0 Å². The van der Waals surface area contributed by atoms with Gasteiger partial charge in [-0.1, -0.05) is 0 Å². The first-order valence-corrected chi connectivity index (χ1v) is 5.95. The Kier molecular flexibility index (Phi) is 6.23. The molecule has 0 spiro atoms. The zero-order chi connectivity index (χ0) is 11.9. The lowest BCUT2D eigenvalue weighted by Gasteiger charge is -2.29. The molecule has 1 unspecified atom stereocenters. The van der Waals surface area contributed by atoms with Gasteiger partial charge in [0.2, 0.25) is 0 Å². The summed E-state index contributed by atoms with van der Waals surface area (Å²) >= 11 is 0. The van der Waals surface area contributed by atoms with Crippen molar-refractivity contribution in [2.75, 3.05) is 33.0 Å². The molecule has 0 amide bonds. The van der Waals surface area contributed by atoms with Crippen LogP contribution < -0.4 is 5.32 Å².